The number of hydrogen-bond acceptors (Lipinski definition) is 4. The van der Waals surface area contributed by atoms with Crippen LogP contribution in [0.15, 0.2) is 23.5 Å². The summed E-state index contributed by atoms with van der Waals surface area (Å²) < 4.78 is 0. The summed E-state index contributed by atoms with van der Waals surface area (Å²) in [5, 5.41) is 6.83. The summed E-state index contributed by atoms with van der Waals surface area (Å²) in [7, 11) is 1.79. The molecule has 1 aliphatic rings. The van der Waals surface area contributed by atoms with Gasteiger partial charge in [0.05, 0.1) is 6.54 Å². The second-order valence-electron chi connectivity index (χ2n) is 6.21. The summed E-state index contributed by atoms with van der Waals surface area (Å²) in [5.41, 5.74) is 7.76. The van der Waals surface area contributed by atoms with E-state index >= 15 is 0 Å². The normalized spacial score (nSPS) is 16.8. The molecule has 1 saturated heterocycles. The number of amides is 1. The molecule has 0 aliphatic carbocycles. The van der Waals surface area contributed by atoms with Gasteiger partial charge in [0.25, 0.3) is 0 Å². The first-order valence-electron chi connectivity index (χ1n) is 8.46. The van der Waals surface area contributed by atoms with Crippen LogP contribution in [0, 0.1) is 6.92 Å². The van der Waals surface area contributed by atoms with E-state index in [9.17, 15) is 4.79 Å². The third-order valence-corrected chi connectivity index (χ3v) is 4.35. The van der Waals surface area contributed by atoms with Gasteiger partial charge in [0.2, 0.25) is 5.91 Å². The number of aryl methyl sites for hydroxylation is 1. The van der Waals surface area contributed by atoms with E-state index in [2.05, 4.69) is 38.5 Å². The van der Waals surface area contributed by atoms with E-state index < -0.39 is 0 Å². The van der Waals surface area contributed by atoms with Crippen LogP contribution in [0.2, 0.25) is 0 Å². The van der Waals surface area contributed by atoms with Gasteiger partial charge in [0, 0.05) is 45.1 Å². The highest BCUT2D eigenvalue weighted by molar-refractivity contribution is 5.80. The zero-order valence-electron chi connectivity index (χ0n) is 14.6. The van der Waals surface area contributed by atoms with Gasteiger partial charge in [-0.05, 0) is 43.4 Å². The number of aliphatic imine (C=N–C) groups is 1. The van der Waals surface area contributed by atoms with E-state index in [0.29, 0.717) is 12.6 Å². The Morgan fingerprint density at radius 2 is 2.21 bits per heavy atom. The van der Waals surface area contributed by atoms with Crippen LogP contribution in [0.25, 0.3) is 0 Å². The number of rotatable bonds is 6. The molecular formula is C17H28N6O. The number of nitrogens with one attached hydrogen (secondary N) is 2. The summed E-state index contributed by atoms with van der Waals surface area (Å²) >= 11 is 0. The van der Waals surface area contributed by atoms with Crippen molar-refractivity contribution >= 4 is 11.9 Å². The average molecular weight is 332 g/mol. The van der Waals surface area contributed by atoms with E-state index in [0.717, 1.165) is 44.9 Å². The van der Waals surface area contributed by atoms with Gasteiger partial charge in [-0.25, -0.2) is 0 Å². The second kappa shape index (κ2) is 9.22. The van der Waals surface area contributed by atoms with Gasteiger partial charge in [-0.2, -0.15) is 0 Å². The Kier molecular flexibility index (Phi) is 6.99. The maximum absolute atomic E-state index is 11.0. The molecule has 1 aliphatic heterocycles. The fraction of sp³-hybridized carbons (Fsp3) is 0.588. The van der Waals surface area contributed by atoms with Crippen LogP contribution in [0.1, 0.15) is 24.0 Å². The van der Waals surface area contributed by atoms with Crippen molar-refractivity contribution in [3.05, 3.63) is 29.6 Å². The van der Waals surface area contributed by atoms with Crippen LogP contribution in [0.3, 0.4) is 0 Å². The Labute approximate surface area is 143 Å². The van der Waals surface area contributed by atoms with Gasteiger partial charge in [-0.1, -0.05) is 0 Å². The third kappa shape index (κ3) is 5.81. The smallest absolute Gasteiger partial charge is 0.231 e. The third-order valence-electron chi connectivity index (χ3n) is 4.35. The van der Waals surface area contributed by atoms with E-state index in [1.165, 1.54) is 11.1 Å². The van der Waals surface area contributed by atoms with Crippen molar-refractivity contribution < 1.29 is 4.79 Å². The molecule has 2 heterocycles. The molecule has 0 atom stereocenters. The number of likely N-dealkylation sites (tertiary alicyclic amines) is 1. The molecule has 7 nitrogen and oxygen atoms in total. The largest absolute Gasteiger partial charge is 0.369 e. The zero-order valence-corrected chi connectivity index (χ0v) is 14.6. The first-order valence-corrected chi connectivity index (χ1v) is 8.46. The van der Waals surface area contributed by atoms with Crippen molar-refractivity contribution in [2.24, 2.45) is 10.7 Å². The number of nitrogens with zero attached hydrogens (tertiary/aromatic N) is 3. The van der Waals surface area contributed by atoms with E-state index in [1.54, 1.807) is 7.05 Å². The van der Waals surface area contributed by atoms with Crippen LogP contribution < -0.4 is 16.4 Å². The van der Waals surface area contributed by atoms with Crippen LogP contribution in [0.4, 0.5) is 0 Å². The molecule has 1 aromatic rings. The zero-order chi connectivity index (χ0) is 17.4. The summed E-state index contributed by atoms with van der Waals surface area (Å²) in [5.74, 6) is 0.570. The number of hydrogen-bond donors (Lipinski definition) is 3. The Morgan fingerprint density at radius 1 is 1.46 bits per heavy atom. The molecule has 1 amide bonds. The Hall–Kier alpha value is -2.15. The minimum absolute atomic E-state index is 0.259. The summed E-state index contributed by atoms with van der Waals surface area (Å²) in [6, 6.07) is 2.43. The molecule has 0 spiro atoms. The number of guanidine groups is 1. The fourth-order valence-electron chi connectivity index (χ4n) is 2.94. The molecule has 1 fully saturated rings. The summed E-state index contributed by atoms with van der Waals surface area (Å²) in [6.07, 6.45) is 6.62. The fourth-order valence-corrected chi connectivity index (χ4v) is 2.94. The number of carbonyl (C=O) groups is 1. The highest BCUT2D eigenvalue weighted by Crippen LogP contribution is 2.09. The van der Waals surface area contributed by atoms with Gasteiger partial charge in [-0.3, -0.25) is 19.7 Å². The van der Waals surface area contributed by atoms with Crippen LogP contribution >= 0.6 is 0 Å². The van der Waals surface area contributed by atoms with Gasteiger partial charge < -0.3 is 16.4 Å². The lowest BCUT2D eigenvalue weighted by Crippen LogP contribution is -2.50. The van der Waals surface area contributed by atoms with Gasteiger partial charge in [0.1, 0.15) is 0 Å². The number of primary amides is 1. The first kappa shape index (κ1) is 18.2. The lowest BCUT2D eigenvalue weighted by Gasteiger charge is -2.32. The van der Waals surface area contributed by atoms with Crippen LogP contribution in [0.5, 0.6) is 0 Å². The van der Waals surface area contributed by atoms with E-state index in [1.807, 2.05) is 12.4 Å². The molecule has 2 rings (SSSR count). The van der Waals surface area contributed by atoms with Crippen molar-refractivity contribution in [1.29, 1.82) is 0 Å². The maximum Gasteiger partial charge on any atom is 0.231 e. The second-order valence-corrected chi connectivity index (χ2v) is 6.21. The Morgan fingerprint density at radius 3 is 2.83 bits per heavy atom. The number of piperidine rings is 1. The minimum atomic E-state index is -0.259. The highest BCUT2D eigenvalue weighted by atomic mass is 16.1. The quantitative estimate of drug-likeness (QED) is 0.505. The molecule has 0 radical (unpaired) electrons. The molecule has 132 valence electrons. The molecule has 0 unspecified atom stereocenters. The lowest BCUT2D eigenvalue weighted by atomic mass is 10.1. The van der Waals surface area contributed by atoms with E-state index in [4.69, 9.17) is 5.73 Å². The summed E-state index contributed by atoms with van der Waals surface area (Å²) in [4.78, 5) is 21.5. The van der Waals surface area contributed by atoms with E-state index in [-0.39, 0.29) is 5.91 Å². The van der Waals surface area contributed by atoms with Crippen LogP contribution in [-0.4, -0.2) is 61.0 Å². The number of nitrogens with two attached hydrogens (primary N) is 1. The monoisotopic (exact) mass is 332 g/mol. The van der Waals surface area contributed by atoms with Crippen LogP contribution in [-0.2, 0) is 11.2 Å². The topological polar surface area (TPSA) is 95.6 Å². The van der Waals surface area contributed by atoms with Gasteiger partial charge in [0.15, 0.2) is 5.96 Å². The van der Waals surface area contributed by atoms with Crippen molar-refractivity contribution in [3.63, 3.8) is 0 Å². The lowest BCUT2D eigenvalue weighted by molar-refractivity contribution is -0.119. The molecular weight excluding hydrogens is 304 g/mol. The maximum atomic E-state index is 11.0. The van der Waals surface area contributed by atoms with Gasteiger partial charge in [-0.15, -0.1) is 0 Å². The highest BCUT2D eigenvalue weighted by Gasteiger charge is 2.20. The van der Waals surface area contributed by atoms with Crippen molar-refractivity contribution in [2.45, 2.75) is 32.2 Å². The minimum Gasteiger partial charge on any atom is -0.369 e. The molecule has 4 N–H and O–H groups in total. The summed E-state index contributed by atoms with van der Waals surface area (Å²) in [6.45, 7) is 5.02. The Bertz CT molecular complexity index is 566. The van der Waals surface area contributed by atoms with Crippen molar-refractivity contribution in [2.75, 3.05) is 33.2 Å². The van der Waals surface area contributed by atoms with Crippen molar-refractivity contribution in [3.8, 4) is 0 Å². The average Bonchev–Trinajstić information content (AvgIpc) is 2.57. The predicted octanol–water partition coefficient (Wildman–Crippen LogP) is 0.0472. The molecule has 0 bridgehead atoms. The molecule has 0 aromatic carbocycles. The first-order chi connectivity index (χ1) is 11.6. The molecule has 0 saturated carbocycles. The SMILES string of the molecule is CN=C(NCCc1ccncc1C)NC1CCN(CC(N)=O)CC1. The standard InChI is InChI=1S/C17H28N6O/c1-13-11-20-7-3-14(13)4-8-21-17(19-2)22-15-5-9-23(10-6-15)12-16(18)24/h3,7,11,15H,4-6,8-10,12H2,1-2H3,(H2,18,24)(H2,19,21,22). The number of carbonyl (C=O) groups excluding carboxylic acids is 1. The number of aromatic nitrogens is 1. The Balaban J connectivity index is 1.71. The molecule has 1 aromatic heterocycles. The number of pyridine rings is 1. The molecule has 7 heteroatoms. The molecule has 24 heavy (non-hydrogen) atoms. The van der Waals surface area contributed by atoms with Crippen molar-refractivity contribution in [1.82, 2.24) is 20.5 Å². The van der Waals surface area contributed by atoms with Gasteiger partial charge >= 0.3 is 0 Å². The predicted molar refractivity (Wildman–Crippen MR) is 95.8 cm³/mol.